The molecule has 118 valence electrons. The molecule has 3 aliphatic carbocycles. The van der Waals surface area contributed by atoms with Gasteiger partial charge in [0, 0.05) is 23.5 Å². The number of ether oxygens (including phenoxy) is 1. The highest BCUT2D eigenvalue weighted by molar-refractivity contribution is 5.87. The molecule has 3 aliphatic rings. The van der Waals surface area contributed by atoms with E-state index < -0.39 is 0 Å². The lowest BCUT2D eigenvalue weighted by atomic mass is 9.55. The summed E-state index contributed by atoms with van der Waals surface area (Å²) in [4.78, 5) is 12.4. The third-order valence-electron chi connectivity index (χ3n) is 6.70. The Bertz CT molecular complexity index is 619. The summed E-state index contributed by atoms with van der Waals surface area (Å²) >= 11 is 0. The van der Waals surface area contributed by atoms with Gasteiger partial charge in [0.2, 0.25) is 0 Å². The fourth-order valence-corrected chi connectivity index (χ4v) is 5.61. The third-order valence-corrected chi connectivity index (χ3v) is 6.70. The van der Waals surface area contributed by atoms with Crippen molar-refractivity contribution < 1.29 is 14.6 Å². The maximum absolute atomic E-state index is 12.4. The molecule has 0 amide bonds. The molecule has 4 rings (SSSR count). The van der Waals surface area contributed by atoms with E-state index in [9.17, 15) is 9.90 Å². The van der Waals surface area contributed by atoms with Crippen molar-refractivity contribution in [1.82, 2.24) is 0 Å². The Morgan fingerprint density at radius 1 is 1.23 bits per heavy atom. The number of methoxy groups -OCH3 is 1. The molecule has 0 spiro atoms. The highest BCUT2D eigenvalue weighted by atomic mass is 16.5. The van der Waals surface area contributed by atoms with Crippen LogP contribution in [0.2, 0.25) is 0 Å². The molecule has 0 radical (unpaired) electrons. The van der Waals surface area contributed by atoms with Gasteiger partial charge < -0.3 is 9.84 Å². The molecule has 2 fully saturated rings. The van der Waals surface area contributed by atoms with Crippen molar-refractivity contribution in [3.05, 3.63) is 23.3 Å². The predicted octanol–water partition coefficient (Wildman–Crippen LogP) is 3.83. The average Bonchev–Trinajstić information content (AvgIpc) is 2.81. The van der Waals surface area contributed by atoms with Crippen LogP contribution in [0.4, 0.5) is 0 Å². The number of hydrogen-bond acceptors (Lipinski definition) is 3. The number of phenolic OH excluding ortho intramolecular Hbond substituents is 1. The summed E-state index contributed by atoms with van der Waals surface area (Å²) in [7, 11) is 1.69. The van der Waals surface area contributed by atoms with Crippen LogP contribution in [0.3, 0.4) is 0 Å². The summed E-state index contributed by atoms with van der Waals surface area (Å²) in [5.74, 6) is 3.23. The predicted molar refractivity (Wildman–Crippen MR) is 84.3 cm³/mol. The molecule has 0 bridgehead atoms. The van der Waals surface area contributed by atoms with E-state index in [0.29, 0.717) is 29.3 Å². The zero-order chi connectivity index (χ0) is 15.5. The van der Waals surface area contributed by atoms with Gasteiger partial charge in [-0.05, 0) is 61.5 Å². The average molecular weight is 300 g/mol. The molecule has 3 nitrogen and oxygen atoms in total. The number of rotatable bonds is 1. The number of benzene rings is 1. The summed E-state index contributed by atoms with van der Waals surface area (Å²) < 4.78 is 5.57. The number of aryl methyl sites for hydroxylation is 1. The number of fused-ring (bicyclic) bond motifs is 5. The summed E-state index contributed by atoms with van der Waals surface area (Å²) in [6.45, 7) is 2.20. The Kier molecular flexibility index (Phi) is 3.04. The van der Waals surface area contributed by atoms with Crippen LogP contribution in [0.5, 0.6) is 11.5 Å². The fraction of sp³-hybridized carbons (Fsp3) is 0.632. The van der Waals surface area contributed by atoms with Crippen molar-refractivity contribution in [1.29, 1.82) is 0 Å². The minimum absolute atomic E-state index is 0.0805. The van der Waals surface area contributed by atoms with Crippen LogP contribution in [0.1, 0.15) is 56.1 Å². The zero-order valence-electron chi connectivity index (χ0n) is 13.4. The number of Topliss-reactive ketones (excluding diaryl/α,β-unsaturated/α-hetero) is 1. The van der Waals surface area contributed by atoms with Gasteiger partial charge in [-0.1, -0.05) is 6.92 Å². The second-order valence-electron chi connectivity index (χ2n) is 7.55. The van der Waals surface area contributed by atoms with Gasteiger partial charge in [-0.2, -0.15) is 0 Å². The molecule has 4 unspecified atom stereocenters. The topological polar surface area (TPSA) is 46.5 Å². The molecule has 0 heterocycles. The molecule has 1 aromatic rings. The van der Waals surface area contributed by atoms with Crippen LogP contribution in [-0.4, -0.2) is 18.0 Å². The van der Waals surface area contributed by atoms with E-state index in [4.69, 9.17) is 4.74 Å². The minimum atomic E-state index is -0.0805. The highest BCUT2D eigenvalue weighted by Gasteiger charge is 2.54. The van der Waals surface area contributed by atoms with Crippen LogP contribution < -0.4 is 4.74 Å². The molecule has 3 heteroatoms. The van der Waals surface area contributed by atoms with E-state index in [1.54, 1.807) is 13.2 Å². The monoisotopic (exact) mass is 300 g/mol. The quantitative estimate of drug-likeness (QED) is 0.857. The summed E-state index contributed by atoms with van der Waals surface area (Å²) in [5.41, 5.74) is 2.46. The van der Waals surface area contributed by atoms with Crippen LogP contribution in [-0.2, 0) is 11.2 Å². The van der Waals surface area contributed by atoms with Crippen molar-refractivity contribution in [2.24, 2.45) is 17.3 Å². The normalized spacial score (nSPS) is 36.5. The van der Waals surface area contributed by atoms with Crippen LogP contribution in [0.15, 0.2) is 12.1 Å². The van der Waals surface area contributed by atoms with Gasteiger partial charge in [0.15, 0.2) is 0 Å². The second-order valence-corrected chi connectivity index (χ2v) is 7.55. The fourth-order valence-electron chi connectivity index (χ4n) is 5.61. The first-order valence-electron chi connectivity index (χ1n) is 8.47. The van der Waals surface area contributed by atoms with Crippen LogP contribution in [0, 0.1) is 17.3 Å². The maximum Gasteiger partial charge on any atom is 0.139 e. The number of ketones is 1. The molecule has 0 aromatic heterocycles. The van der Waals surface area contributed by atoms with Crippen molar-refractivity contribution in [2.75, 3.05) is 7.11 Å². The van der Waals surface area contributed by atoms with E-state index >= 15 is 0 Å². The van der Waals surface area contributed by atoms with Gasteiger partial charge in [-0.3, -0.25) is 4.79 Å². The number of carbonyl (C=O) groups excluding carboxylic acids is 1. The summed E-state index contributed by atoms with van der Waals surface area (Å²) in [6, 6.07) is 3.65. The van der Waals surface area contributed by atoms with Gasteiger partial charge in [0.1, 0.15) is 17.3 Å². The largest absolute Gasteiger partial charge is 0.508 e. The molecular weight excluding hydrogens is 276 g/mol. The van der Waals surface area contributed by atoms with Crippen molar-refractivity contribution >= 4 is 5.78 Å². The van der Waals surface area contributed by atoms with Gasteiger partial charge in [-0.15, -0.1) is 0 Å². The number of carbonyl (C=O) groups is 1. The minimum Gasteiger partial charge on any atom is -0.508 e. The lowest BCUT2D eigenvalue weighted by Gasteiger charge is -2.48. The molecule has 4 atom stereocenters. The first-order chi connectivity index (χ1) is 10.5. The van der Waals surface area contributed by atoms with Gasteiger partial charge >= 0.3 is 0 Å². The third kappa shape index (κ3) is 1.77. The van der Waals surface area contributed by atoms with Crippen LogP contribution in [0.25, 0.3) is 0 Å². The van der Waals surface area contributed by atoms with E-state index in [1.807, 2.05) is 6.07 Å². The Morgan fingerprint density at radius 2 is 2.05 bits per heavy atom. The molecular formula is C19H24O3. The first-order valence-corrected chi connectivity index (χ1v) is 8.47. The van der Waals surface area contributed by atoms with Crippen molar-refractivity contribution in [3.8, 4) is 11.5 Å². The first kappa shape index (κ1) is 14.1. The van der Waals surface area contributed by atoms with Crippen molar-refractivity contribution in [2.45, 2.75) is 51.4 Å². The number of aromatic hydroxyl groups is 1. The molecule has 1 N–H and O–H groups in total. The second kappa shape index (κ2) is 4.74. The molecule has 1 aromatic carbocycles. The highest BCUT2D eigenvalue weighted by Crippen LogP contribution is 2.60. The maximum atomic E-state index is 12.4. The van der Waals surface area contributed by atoms with Gasteiger partial charge in [0.25, 0.3) is 0 Å². The van der Waals surface area contributed by atoms with Crippen molar-refractivity contribution in [3.63, 3.8) is 0 Å². The van der Waals surface area contributed by atoms with E-state index in [-0.39, 0.29) is 5.41 Å². The molecule has 0 saturated heterocycles. The lowest BCUT2D eigenvalue weighted by molar-refractivity contribution is -0.129. The summed E-state index contributed by atoms with van der Waals surface area (Å²) in [6.07, 6.45) is 6.02. The lowest BCUT2D eigenvalue weighted by Crippen LogP contribution is -2.42. The number of hydrogen-bond donors (Lipinski definition) is 1. The standard InChI is InChI=1S/C19H24O3/c1-19-8-7-14-13(15(19)5-6-17(19)21)4-3-11-9-12(20)10-16(22-2)18(11)14/h9-10,13-15,20H,3-8H2,1-2H3. The molecule has 2 saturated carbocycles. The summed E-state index contributed by atoms with van der Waals surface area (Å²) in [5, 5.41) is 9.90. The smallest absolute Gasteiger partial charge is 0.139 e. The Labute approximate surface area is 131 Å². The Balaban J connectivity index is 1.77. The van der Waals surface area contributed by atoms with E-state index in [1.165, 1.54) is 11.1 Å². The number of phenols is 1. The van der Waals surface area contributed by atoms with E-state index in [2.05, 4.69) is 6.92 Å². The Morgan fingerprint density at radius 3 is 2.82 bits per heavy atom. The van der Waals surface area contributed by atoms with Gasteiger partial charge in [-0.25, -0.2) is 0 Å². The Hall–Kier alpha value is -1.51. The van der Waals surface area contributed by atoms with Crippen LogP contribution >= 0.6 is 0 Å². The zero-order valence-corrected chi connectivity index (χ0v) is 13.4. The molecule has 22 heavy (non-hydrogen) atoms. The van der Waals surface area contributed by atoms with Gasteiger partial charge in [0.05, 0.1) is 7.11 Å². The molecule has 0 aliphatic heterocycles. The SMILES string of the molecule is COc1cc(O)cc2c1C1CCC3(C)C(=O)CCC3C1CC2. The van der Waals surface area contributed by atoms with E-state index in [0.717, 1.165) is 44.3 Å².